The minimum absolute atomic E-state index is 0.136. The summed E-state index contributed by atoms with van der Waals surface area (Å²) in [6, 6.07) is 1.87. The predicted octanol–water partition coefficient (Wildman–Crippen LogP) is 3.22. The molecule has 0 aromatic carbocycles. The van der Waals surface area contributed by atoms with Gasteiger partial charge in [0.05, 0.1) is 24.4 Å². The van der Waals surface area contributed by atoms with Crippen LogP contribution in [0.15, 0.2) is 18.5 Å². The van der Waals surface area contributed by atoms with Crippen molar-refractivity contribution in [2.24, 2.45) is 5.73 Å². The van der Waals surface area contributed by atoms with Gasteiger partial charge in [0.1, 0.15) is 5.75 Å². The highest BCUT2D eigenvalue weighted by atomic mass is 16.5. The Kier molecular flexibility index (Phi) is 5.38. The van der Waals surface area contributed by atoms with Crippen LogP contribution in [0.25, 0.3) is 0 Å². The zero-order valence-electron chi connectivity index (χ0n) is 12.6. The monoisotopic (exact) mass is 278 g/mol. The minimum atomic E-state index is -0.222. The summed E-state index contributed by atoms with van der Waals surface area (Å²) in [6.07, 6.45) is 9.00. The first-order valence-electron chi connectivity index (χ1n) is 7.69. The van der Waals surface area contributed by atoms with Gasteiger partial charge in [0, 0.05) is 12.8 Å². The van der Waals surface area contributed by atoms with Crippen LogP contribution in [0.2, 0.25) is 0 Å². The Balaban J connectivity index is 2.16. The second kappa shape index (κ2) is 7.04. The van der Waals surface area contributed by atoms with E-state index in [1.54, 1.807) is 6.20 Å². The van der Waals surface area contributed by atoms with Crippen molar-refractivity contribution >= 4 is 0 Å². The van der Waals surface area contributed by atoms with Gasteiger partial charge in [0.15, 0.2) is 0 Å². The molecule has 20 heavy (non-hydrogen) atoms. The molecule has 1 aromatic heterocycles. The molecule has 4 nitrogen and oxygen atoms in total. The minimum Gasteiger partial charge on any atom is -0.492 e. The first-order chi connectivity index (χ1) is 9.72. The highest BCUT2D eigenvalue weighted by Gasteiger charge is 2.41. The van der Waals surface area contributed by atoms with Crippen LogP contribution >= 0.6 is 0 Å². The number of hydrogen-bond donors (Lipinski definition) is 1. The molecule has 1 heterocycles. The van der Waals surface area contributed by atoms with Gasteiger partial charge in [-0.2, -0.15) is 0 Å². The molecule has 1 unspecified atom stereocenters. The standard InChI is InChI=1S/C16H26N2O2/c1-3-9-19-14-10-13(11-18-12-14)15(17)16(20-4-2)7-5-6-8-16/h10-12,15H,3-9,17H2,1-2H3. The Labute approximate surface area is 121 Å². The lowest BCUT2D eigenvalue weighted by Crippen LogP contribution is -2.41. The molecule has 1 atom stereocenters. The zero-order valence-corrected chi connectivity index (χ0v) is 12.6. The average Bonchev–Trinajstić information content (AvgIpc) is 2.95. The molecule has 0 aliphatic heterocycles. The van der Waals surface area contributed by atoms with E-state index in [1.807, 2.05) is 19.2 Å². The van der Waals surface area contributed by atoms with Crippen molar-refractivity contribution in [1.82, 2.24) is 4.98 Å². The fraction of sp³-hybridized carbons (Fsp3) is 0.688. The Morgan fingerprint density at radius 2 is 2.05 bits per heavy atom. The second-order valence-corrected chi connectivity index (χ2v) is 5.49. The largest absolute Gasteiger partial charge is 0.492 e. The van der Waals surface area contributed by atoms with Crippen molar-refractivity contribution in [2.45, 2.75) is 57.6 Å². The van der Waals surface area contributed by atoms with Crippen LogP contribution in [0.3, 0.4) is 0 Å². The fourth-order valence-electron chi connectivity index (χ4n) is 3.01. The maximum Gasteiger partial charge on any atom is 0.137 e. The van der Waals surface area contributed by atoms with Gasteiger partial charge in [-0.1, -0.05) is 19.8 Å². The number of nitrogens with two attached hydrogens (primary N) is 1. The molecule has 2 N–H and O–H groups in total. The van der Waals surface area contributed by atoms with Crippen LogP contribution in [-0.4, -0.2) is 23.8 Å². The molecule has 1 aliphatic rings. The summed E-state index contributed by atoms with van der Waals surface area (Å²) in [4.78, 5) is 4.26. The van der Waals surface area contributed by atoms with Crippen LogP contribution < -0.4 is 10.5 Å². The molecule has 2 rings (SSSR count). The topological polar surface area (TPSA) is 57.4 Å². The molecular formula is C16H26N2O2. The van der Waals surface area contributed by atoms with Crippen molar-refractivity contribution in [2.75, 3.05) is 13.2 Å². The predicted molar refractivity (Wildman–Crippen MR) is 79.8 cm³/mol. The van der Waals surface area contributed by atoms with Crippen LogP contribution in [0.1, 0.15) is 57.6 Å². The number of ether oxygens (including phenoxy) is 2. The van der Waals surface area contributed by atoms with Gasteiger partial charge in [-0.25, -0.2) is 0 Å². The quantitative estimate of drug-likeness (QED) is 0.832. The zero-order chi connectivity index (χ0) is 14.4. The summed E-state index contributed by atoms with van der Waals surface area (Å²) in [5.41, 5.74) is 7.28. The number of rotatable bonds is 7. The molecule has 1 fully saturated rings. The Morgan fingerprint density at radius 1 is 1.30 bits per heavy atom. The second-order valence-electron chi connectivity index (χ2n) is 5.49. The Hall–Kier alpha value is -1.13. The van der Waals surface area contributed by atoms with Gasteiger partial charge in [-0.05, 0) is 37.8 Å². The average molecular weight is 278 g/mol. The first kappa shape index (κ1) is 15.3. The number of pyridine rings is 1. The van der Waals surface area contributed by atoms with Gasteiger partial charge < -0.3 is 15.2 Å². The van der Waals surface area contributed by atoms with Crippen LogP contribution in [0.5, 0.6) is 5.75 Å². The van der Waals surface area contributed by atoms with Crippen LogP contribution in [0.4, 0.5) is 0 Å². The maximum atomic E-state index is 6.50. The SMILES string of the molecule is CCCOc1cncc(C(N)C2(OCC)CCCC2)c1. The van der Waals surface area contributed by atoms with E-state index in [1.165, 1.54) is 12.8 Å². The van der Waals surface area contributed by atoms with E-state index in [2.05, 4.69) is 11.9 Å². The summed E-state index contributed by atoms with van der Waals surface area (Å²) >= 11 is 0. The molecule has 0 bridgehead atoms. The molecule has 0 saturated heterocycles. The molecule has 112 valence electrons. The lowest BCUT2D eigenvalue weighted by Gasteiger charge is -2.35. The van der Waals surface area contributed by atoms with Crippen LogP contribution in [0, 0.1) is 0 Å². The number of hydrogen-bond acceptors (Lipinski definition) is 4. The van der Waals surface area contributed by atoms with E-state index in [-0.39, 0.29) is 11.6 Å². The summed E-state index contributed by atoms with van der Waals surface area (Å²) in [7, 11) is 0. The van der Waals surface area contributed by atoms with Crippen molar-refractivity contribution < 1.29 is 9.47 Å². The van der Waals surface area contributed by atoms with E-state index < -0.39 is 0 Å². The van der Waals surface area contributed by atoms with Crippen molar-refractivity contribution in [3.8, 4) is 5.75 Å². The van der Waals surface area contributed by atoms with Gasteiger partial charge in [0.2, 0.25) is 0 Å². The molecule has 1 aromatic rings. The van der Waals surface area contributed by atoms with Crippen molar-refractivity contribution in [1.29, 1.82) is 0 Å². The third-order valence-corrected chi connectivity index (χ3v) is 4.01. The number of nitrogens with zero attached hydrogens (tertiary/aromatic N) is 1. The van der Waals surface area contributed by atoms with Gasteiger partial charge in [-0.15, -0.1) is 0 Å². The summed E-state index contributed by atoms with van der Waals surface area (Å²) in [5.74, 6) is 0.796. The molecular weight excluding hydrogens is 252 g/mol. The number of aromatic nitrogens is 1. The fourth-order valence-corrected chi connectivity index (χ4v) is 3.01. The van der Waals surface area contributed by atoms with Gasteiger partial charge in [-0.3, -0.25) is 4.98 Å². The smallest absolute Gasteiger partial charge is 0.137 e. The third-order valence-electron chi connectivity index (χ3n) is 4.01. The third kappa shape index (κ3) is 3.30. The van der Waals surface area contributed by atoms with E-state index in [0.717, 1.165) is 30.6 Å². The first-order valence-corrected chi connectivity index (χ1v) is 7.69. The normalized spacial score (nSPS) is 18.9. The van der Waals surface area contributed by atoms with Crippen molar-refractivity contribution in [3.63, 3.8) is 0 Å². The van der Waals surface area contributed by atoms with E-state index in [4.69, 9.17) is 15.2 Å². The van der Waals surface area contributed by atoms with Gasteiger partial charge in [0.25, 0.3) is 0 Å². The highest BCUT2D eigenvalue weighted by Crippen LogP contribution is 2.42. The van der Waals surface area contributed by atoms with E-state index in [0.29, 0.717) is 13.2 Å². The molecule has 0 spiro atoms. The molecule has 4 heteroatoms. The lowest BCUT2D eigenvalue weighted by molar-refractivity contribution is -0.0537. The Bertz CT molecular complexity index is 417. The summed E-state index contributed by atoms with van der Waals surface area (Å²) < 4.78 is 11.7. The summed E-state index contributed by atoms with van der Waals surface area (Å²) in [6.45, 7) is 5.53. The van der Waals surface area contributed by atoms with E-state index >= 15 is 0 Å². The lowest BCUT2D eigenvalue weighted by atomic mass is 9.88. The highest BCUT2D eigenvalue weighted by molar-refractivity contribution is 5.28. The van der Waals surface area contributed by atoms with E-state index in [9.17, 15) is 0 Å². The van der Waals surface area contributed by atoms with Crippen LogP contribution in [-0.2, 0) is 4.74 Å². The van der Waals surface area contributed by atoms with Crippen molar-refractivity contribution in [3.05, 3.63) is 24.0 Å². The summed E-state index contributed by atoms with van der Waals surface area (Å²) in [5, 5.41) is 0. The van der Waals surface area contributed by atoms with Gasteiger partial charge >= 0.3 is 0 Å². The molecule has 0 radical (unpaired) electrons. The molecule has 1 saturated carbocycles. The molecule has 1 aliphatic carbocycles. The molecule has 0 amide bonds. The maximum absolute atomic E-state index is 6.50. The Morgan fingerprint density at radius 3 is 2.70 bits per heavy atom.